The summed E-state index contributed by atoms with van der Waals surface area (Å²) in [5, 5.41) is 0. The first kappa shape index (κ1) is 16.7. The number of amides is 1. The van der Waals surface area contributed by atoms with E-state index in [2.05, 4.69) is 48.1 Å². The molecule has 2 heterocycles. The lowest BCUT2D eigenvalue weighted by atomic mass is 9.89. The van der Waals surface area contributed by atoms with Gasteiger partial charge in [0.2, 0.25) is 0 Å². The van der Waals surface area contributed by atoms with Crippen molar-refractivity contribution in [2.24, 2.45) is 0 Å². The van der Waals surface area contributed by atoms with Gasteiger partial charge in [0.1, 0.15) is 0 Å². The lowest BCUT2D eigenvalue weighted by Gasteiger charge is -2.43. The minimum atomic E-state index is -0.0347. The number of hydrogen-bond donors (Lipinski definition) is 0. The molecule has 4 heteroatoms. The Balaban J connectivity index is 1.97. The first-order valence-electron chi connectivity index (χ1n) is 8.78. The fourth-order valence-electron chi connectivity index (χ4n) is 3.83. The molecule has 1 amide bonds. The van der Waals surface area contributed by atoms with Crippen molar-refractivity contribution in [2.45, 2.75) is 56.4 Å². The van der Waals surface area contributed by atoms with E-state index in [1.54, 1.807) is 11.8 Å². The largest absolute Gasteiger partial charge is 0.371 e. The number of anilines is 1. The second-order valence-corrected chi connectivity index (χ2v) is 8.18. The summed E-state index contributed by atoms with van der Waals surface area (Å²) in [6, 6.07) is 6.41. The Bertz CT molecular complexity index is 579. The van der Waals surface area contributed by atoms with E-state index in [1.165, 1.54) is 24.2 Å². The molecule has 0 aliphatic carbocycles. The fourth-order valence-corrected chi connectivity index (χ4v) is 4.27. The van der Waals surface area contributed by atoms with Crippen LogP contribution in [0.3, 0.4) is 0 Å². The van der Waals surface area contributed by atoms with E-state index in [0.29, 0.717) is 0 Å². The monoisotopic (exact) mass is 332 g/mol. The van der Waals surface area contributed by atoms with Gasteiger partial charge in [-0.2, -0.15) is 0 Å². The van der Waals surface area contributed by atoms with Crippen LogP contribution in [0.2, 0.25) is 0 Å². The van der Waals surface area contributed by atoms with Gasteiger partial charge in [-0.25, -0.2) is 0 Å². The number of carbonyl (C=O) groups is 1. The summed E-state index contributed by atoms with van der Waals surface area (Å²) in [5.74, 6) is 0.215. The quantitative estimate of drug-likeness (QED) is 0.766. The standard InChI is InChI=1S/C19H28N2OS/c1-19(2)10-4-5-13-21(19)18(22)16-14-15(23-3)8-9-17(16)20-11-6-7-12-20/h8-9,14H,4-7,10-13H2,1-3H3. The van der Waals surface area contributed by atoms with Gasteiger partial charge in [-0.1, -0.05) is 0 Å². The van der Waals surface area contributed by atoms with E-state index in [1.807, 2.05) is 0 Å². The highest BCUT2D eigenvalue weighted by Gasteiger charge is 2.35. The first-order chi connectivity index (χ1) is 11.0. The number of hydrogen-bond acceptors (Lipinski definition) is 3. The maximum atomic E-state index is 13.4. The van der Waals surface area contributed by atoms with Crippen LogP contribution in [0.25, 0.3) is 0 Å². The van der Waals surface area contributed by atoms with Gasteiger partial charge in [0.15, 0.2) is 0 Å². The van der Waals surface area contributed by atoms with Crippen LogP contribution in [-0.4, -0.2) is 42.2 Å². The topological polar surface area (TPSA) is 23.6 Å². The van der Waals surface area contributed by atoms with E-state index in [4.69, 9.17) is 0 Å². The summed E-state index contributed by atoms with van der Waals surface area (Å²) < 4.78 is 0. The number of likely N-dealkylation sites (tertiary alicyclic amines) is 1. The number of carbonyl (C=O) groups excluding carboxylic acids is 1. The molecule has 1 aromatic rings. The molecule has 2 aliphatic heterocycles. The molecule has 0 radical (unpaired) electrons. The Morgan fingerprint density at radius 3 is 2.43 bits per heavy atom. The highest BCUT2D eigenvalue weighted by atomic mass is 32.2. The summed E-state index contributed by atoms with van der Waals surface area (Å²) in [6.45, 7) is 7.44. The van der Waals surface area contributed by atoms with Crippen LogP contribution in [0.15, 0.2) is 23.1 Å². The van der Waals surface area contributed by atoms with E-state index in [0.717, 1.165) is 43.7 Å². The molecule has 2 fully saturated rings. The van der Waals surface area contributed by atoms with E-state index < -0.39 is 0 Å². The molecule has 2 aliphatic rings. The third kappa shape index (κ3) is 3.37. The average Bonchev–Trinajstić information content (AvgIpc) is 3.07. The van der Waals surface area contributed by atoms with Crippen LogP contribution >= 0.6 is 11.8 Å². The summed E-state index contributed by atoms with van der Waals surface area (Å²) in [6.07, 6.45) is 7.97. The molecule has 1 aromatic carbocycles. The van der Waals surface area contributed by atoms with Gasteiger partial charge in [-0.3, -0.25) is 4.79 Å². The maximum absolute atomic E-state index is 13.4. The first-order valence-corrected chi connectivity index (χ1v) is 10.0. The van der Waals surface area contributed by atoms with Crippen LogP contribution in [0, 0.1) is 0 Å². The van der Waals surface area contributed by atoms with Crippen LogP contribution in [0.4, 0.5) is 5.69 Å². The molecule has 0 spiro atoms. The molecule has 3 rings (SSSR count). The van der Waals surface area contributed by atoms with Gasteiger partial charge in [0.25, 0.3) is 5.91 Å². The van der Waals surface area contributed by atoms with Crippen molar-refractivity contribution < 1.29 is 4.79 Å². The number of rotatable bonds is 3. The Labute approximate surface area is 144 Å². The normalized spacial score (nSPS) is 20.8. The fraction of sp³-hybridized carbons (Fsp3) is 0.632. The number of piperidine rings is 1. The number of benzene rings is 1. The molecule has 0 N–H and O–H groups in total. The van der Waals surface area contributed by atoms with Crippen molar-refractivity contribution in [1.82, 2.24) is 4.90 Å². The van der Waals surface area contributed by atoms with Gasteiger partial charge >= 0.3 is 0 Å². The van der Waals surface area contributed by atoms with E-state index >= 15 is 0 Å². The molecule has 0 aromatic heterocycles. The SMILES string of the molecule is CSc1ccc(N2CCCC2)c(C(=O)N2CCCCC2(C)C)c1. The third-order valence-corrected chi connectivity index (χ3v) is 6.00. The molecular weight excluding hydrogens is 304 g/mol. The van der Waals surface area contributed by atoms with E-state index in [9.17, 15) is 4.79 Å². The smallest absolute Gasteiger partial charge is 0.256 e. The molecule has 126 valence electrons. The van der Waals surface area contributed by atoms with Crippen molar-refractivity contribution in [3.63, 3.8) is 0 Å². The highest BCUT2D eigenvalue weighted by molar-refractivity contribution is 7.98. The van der Waals surface area contributed by atoms with Gasteiger partial charge in [0.05, 0.1) is 5.56 Å². The maximum Gasteiger partial charge on any atom is 0.256 e. The highest BCUT2D eigenvalue weighted by Crippen LogP contribution is 2.34. The lowest BCUT2D eigenvalue weighted by Crippen LogP contribution is -2.50. The number of thioether (sulfide) groups is 1. The minimum absolute atomic E-state index is 0.0347. The molecule has 23 heavy (non-hydrogen) atoms. The van der Waals surface area contributed by atoms with Crippen LogP contribution < -0.4 is 4.90 Å². The zero-order chi connectivity index (χ0) is 16.4. The van der Waals surface area contributed by atoms with Crippen LogP contribution in [-0.2, 0) is 0 Å². The molecular formula is C19H28N2OS. The molecule has 0 saturated carbocycles. The van der Waals surface area contributed by atoms with Crippen molar-refractivity contribution >= 4 is 23.4 Å². The van der Waals surface area contributed by atoms with E-state index in [-0.39, 0.29) is 11.4 Å². The zero-order valence-electron chi connectivity index (χ0n) is 14.6. The van der Waals surface area contributed by atoms with Gasteiger partial charge in [-0.15, -0.1) is 11.8 Å². The van der Waals surface area contributed by atoms with Crippen molar-refractivity contribution in [1.29, 1.82) is 0 Å². The van der Waals surface area contributed by atoms with Crippen LogP contribution in [0.5, 0.6) is 0 Å². The molecule has 2 saturated heterocycles. The summed E-state index contributed by atoms with van der Waals surface area (Å²) in [5.41, 5.74) is 1.99. The molecule has 0 unspecified atom stereocenters. The van der Waals surface area contributed by atoms with Crippen molar-refractivity contribution in [3.05, 3.63) is 23.8 Å². The zero-order valence-corrected chi connectivity index (χ0v) is 15.4. The Morgan fingerprint density at radius 1 is 1.09 bits per heavy atom. The second-order valence-electron chi connectivity index (χ2n) is 7.30. The average molecular weight is 333 g/mol. The second kappa shape index (κ2) is 6.76. The summed E-state index contributed by atoms with van der Waals surface area (Å²) in [7, 11) is 0. The van der Waals surface area contributed by atoms with Crippen LogP contribution in [0.1, 0.15) is 56.3 Å². The Kier molecular flexibility index (Phi) is 4.90. The Hall–Kier alpha value is -1.16. The van der Waals surface area contributed by atoms with Crippen molar-refractivity contribution in [2.75, 3.05) is 30.8 Å². The van der Waals surface area contributed by atoms with Gasteiger partial charge < -0.3 is 9.80 Å². The predicted octanol–water partition coefficient (Wildman–Crippen LogP) is 4.41. The third-order valence-electron chi connectivity index (χ3n) is 5.28. The van der Waals surface area contributed by atoms with Gasteiger partial charge in [-0.05, 0) is 70.4 Å². The lowest BCUT2D eigenvalue weighted by molar-refractivity contribution is 0.0434. The molecule has 3 nitrogen and oxygen atoms in total. The molecule has 0 bridgehead atoms. The predicted molar refractivity (Wildman–Crippen MR) is 98.6 cm³/mol. The minimum Gasteiger partial charge on any atom is -0.371 e. The molecule has 0 atom stereocenters. The van der Waals surface area contributed by atoms with Crippen molar-refractivity contribution in [3.8, 4) is 0 Å². The summed E-state index contributed by atoms with van der Waals surface area (Å²) in [4.78, 5) is 19.0. The summed E-state index contributed by atoms with van der Waals surface area (Å²) >= 11 is 1.71. The van der Waals surface area contributed by atoms with Gasteiger partial charge in [0, 0.05) is 35.8 Å². The Morgan fingerprint density at radius 2 is 1.78 bits per heavy atom. The number of nitrogens with zero attached hydrogens (tertiary/aromatic N) is 2.